The predicted octanol–water partition coefficient (Wildman–Crippen LogP) is 0.509. The summed E-state index contributed by atoms with van der Waals surface area (Å²) in [7, 11) is 0. The molecule has 0 unspecified atom stereocenters. The van der Waals surface area contributed by atoms with Crippen LogP contribution in [0.1, 0.15) is 25.7 Å². The highest BCUT2D eigenvalue weighted by molar-refractivity contribution is 4.91. The monoisotopic (exact) mass is 141 g/mol. The number of rotatable bonds is 0. The van der Waals surface area contributed by atoms with Crippen molar-refractivity contribution in [2.24, 2.45) is 5.92 Å². The molecule has 2 heteroatoms. The van der Waals surface area contributed by atoms with Gasteiger partial charge >= 0.3 is 0 Å². The lowest BCUT2D eigenvalue weighted by Gasteiger charge is -2.31. The van der Waals surface area contributed by atoms with Crippen molar-refractivity contribution in [3.05, 3.63) is 0 Å². The molecule has 0 bridgehead atoms. The molecule has 2 rings (SSSR count). The minimum absolute atomic E-state index is 0.00579. The Hall–Kier alpha value is -0.0800. The Balaban J connectivity index is 2.03. The Labute approximate surface area is 61.6 Å². The van der Waals surface area contributed by atoms with E-state index in [1.54, 1.807) is 0 Å². The van der Waals surface area contributed by atoms with Crippen LogP contribution in [0, 0.1) is 5.92 Å². The van der Waals surface area contributed by atoms with E-state index in [1.807, 2.05) is 0 Å². The molecular weight excluding hydrogens is 126 g/mol. The summed E-state index contributed by atoms with van der Waals surface area (Å²) in [4.78, 5) is 0. The maximum atomic E-state index is 9.54. The van der Waals surface area contributed by atoms with Crippen molar-refractivity contribution in [3.8, 4) is 0 Å². The SMILES string of the molecule is O[C@H]1CCN[C@@H]2CCC[C@H]12. The minimum atomic E-state index is -0.00579. The van der Waals surface area contributed by atoms with Crippen LogP contribution in [-0.4, -0.2) is 23.8 Å². The van der Waals surface area contributed by atoms with Gasteiger partial charge in [-0.2, -0.15) is 0 Å². The van der Waals surface area contributed by atoms with Crippen LogP contribution >= 0.6 is 0 Å². The van der Waals surface area contributed by atoms with E-state index in [1.165, 1.54) is 19.3 Å². The molecule has 1 heterocycles. The van der Waals surface area contributed by atoms with E-state index in [-0.39, 0.29) is 6.10 Å². The lowest BCUT2D eigenvalue weighted by Crippen LogP contribution is -2.45. The van der Waals surface area contributed by atoms with Gasteiger partial charge < -0.3 is 10.4 Å². The zero-order valence-electron chi connectivity index (χ0n) is 6.21. The van der Waals surface area contributed by atoms with E-state index >= 15 is 0 Å². The second kappa shape index (κ2) is 2.51. The molecule has 2 fully saturated rings. The van der Waals surface area contributed by atoms with Crippen LogP contribution in [0.2, 0.25) is 0 Å². The maximum Gasteiger partial charge on any atom is 0.0595 e. The first-order valence-electron chi connectivity index (χ1n) is 4.29. The van der Waals surface area contributed by atoms with Gasteiger partial charge in [0.25, 0.3) is 0 Å². The molecule has 0 amide bonds. The van der Waals surface area contributed by atoms with E-state index in [9.17, 15) is 5.11 Å². The number of aliphatic hydroxyl groups is 1. The summed E-state index contributed by atoms with van der Waals surface area (Å²) >= 11 is 0. The smallest absolute Gasteiger partial charge is 0.0595 e. The van der Waals surface area contributed by atoms with Gasteiger partial charge in [0.15, 0.2) is 0 Å². The van der Waals surface area contributed by atoms with E-state index in [4.69, 9.17) is 0 Å². The number of hydrogen-bond donors (Lipinski definition) is 2. The second-order valence-electron chi connectivity index (χ2n) is 3.51. The molecule has 1 aliphatic heterocycles. The van der Waals surface area contributed by atoms with Gasteiger partial charge in [-0.1, -0.05) is 6.42 Å². The van der Waals surface area contributed by atoms with Gasteiger partial charge in [0.2, 0.25) is 0 Å². The minimum Gasteiger partial charge on any atom is -0.393 e. The normalized spacial score (nSPS) is 47.1. The summed E-state index contributed by atoms with van der Waals surface area (Å²) < 4.78 is 0. The number of fused-ring (bicyclic) bond motifs is 1. The van der Waals surface area contributed by atoms with Crippen molar-refractivity contribution >= 4 is 0 Å². The van der Waals surface area contributed by atoms with Crippen molar-refractivity contribution in [2.75, 3.05) is 6.54 Å². The third-order valence-corrected chi connectivity index (χ3v) is 2.91. The van der Waals surface area contributed by atoms with Crippen molar-refractivity contribution in [1.29, 1.82) is 0 Å². The van der Waals surface area contributed by atoms with Gasteiger partial charge in [-0.3, -0.25) is 0 Å². The molecule has 2 aliphatic rings. The molecule has 1 saturated carbocycles. The van der Waals surface area contributed by atoms with Gasteiger partial charge in [-0.15, -0.1) is 0 Å². The number of piperidine rings is 1. The van der Waals surface area contributed by atoms with Gasteiger partial charge in [-0.25, -0.2) is 0 Å². The highest BCUT2D eigenvalue weighted by atomic mass is 16.3. The van der Waals surface area contributed by atoms with E-state index in [0.29, 0.717) is 12.0 Å². The van der Waals surface area contributed by atoms with Gasteiger partial charge in [0.05, 0.1) is 6.10 Å². The average Bonchev–Trinajstić information content (AvgIpc) is 2.36. The van der Waals surface area contributed by atoms with E-state index in [2.05, 4.69) is 5.32 Å². The fourth-order valence-corrected chi connectivity index (χ4v) is 2.33. The summed E-state index contributed by atoms with van der Waals surface area (Å²) in [6.07, 6.45) is 4.77. The van der Waals surface area contributed by atoms with Gasteiger partial charge in [0, 0.05) is 12.0 Å². The summed E-state index contributed by atoms with van der Waals surface area (Å²) in [6.45, 7) is 1.02. The number of nitrogens with one attached hydrogen (secondary N) is 1. The Morgan fingerprint density at radius 2 is 2.10 bits per heavy atom. The molecule has 1 aliphatic carbocycles. The molecule has 0 aromatic carbocycles. The first-order valence-corrected chi connectivity index (χ1v) is 4.29. The Morgan fingerprint density at radius 1 is 1.20 bits per heavy atom. The summed E-state index contributed by atoms with van der Waals surface area (Å²) in [5, 5.41) is 13.0. The van der Waals surface area contributed by atoms with E-state index < -0.39 is 0 Å². The van der Waals surface area contributed by atoms with E-state index in [0.717, 1.165) is 13.0 Å². The first-order chi connectivity index (χ1) is 4.88. The van der Waals surface area contributed by atoms with Crippen molar-refractivity contribution in [2.45, 2.75) is 37.8 Å². The summed E-state index contributed by atoms with van der Waals surface area (Å²) in [6, 6.07) is 0.642. The van der Waals surface area contributed by atoms with Crippen LogP contribution in [0.5, 0.6) is 0 Å². The molecule has 1 saturated heterocycles. The quantitative estimate of drug-likeness (QED) is 0.515. The third kappa shape index (κ3) is 0.956. The van der Waals surface area contributed by atoms with Crippen LogP contribution in [0.4, 0.5) is 0 Å². The maximum absolute atomic E-state index is 9.54. The Kier molecular flexibility index (Phi) is 1.66. The van der Waals surface area contributed by atoms with Gasteiger partial charge in [0.1, 0.15) is 0 Å². The molecule has 0 spiro atoms. The zero-order chi connectivity index (χ0) is 6.97. The molecule has 3 atom stereocenters. The number of aliphatic hydroxyl groups excluding tert-OH is 1. The molecular formula is C8H15NO. The fraction of sp³-hybridized carbons (Fsp3) is 1.00. The van der Waals surface area contributed by atoms with Crippen LogP contribution in [0.3, 0.4) is 0 Å². The van der Waals surface area contributed by atoms with Crippen LogP contribution in [0.15, 0.2) is 0 Å². The zero-order valence-corrected chi connectivity index (χ0v) is 6.21. The van der Waals surface area contributed by atoms with Crippen LogP contribution in [0.25, 0.3) is 0 Å². The average molecular weight is 141 g/mol. The van der Waals surface area contributed by atoms with Gasteiger partial charge in [-0.05, 0) is 25.8 Å². The lowest BCUT2D eigenvalue weighted by atomic mass is 9.91. The summed E-state index contributed by atoms with van der Waals surface area (Å²) in [5.74, 6) is 0.578. The number of hydrogen-bond acceptors (Lipinski definition) is 2. The van der Waals surface area contributed by atoms with Crippen LogP contribution in [-0.2, 0) is 0 Å². The topological polar surface area (TPSA) is 32.3 Å². The molecule has 2 N–H and O–H groups in total. The molecule has 10 heavy (non-hydrogen) atoms. The van der Waals surface area contributed by atoms with Crippen molar-refractivity contribution in [1.82, 2.24) is 5.32 Å². The Morgan fingerprint density at radius 3 is 2.90 bits per heavy atom. The first kappa shape index (κ1) is 6.62. The molecule has 0 aromatic rings. The largest absolute Gasteiger partial charge is 0.393 e. The third-order valence-electron chi connectivity index (χ3n) is 2.91. The van der Waals surface area contributed by atoms with Crippen LogP contribution < -0.4 is 5.32 Å². The Bertz CT molecular complexity index is 126. The van der Waals surface area contributed by atoms with Crippen molar-refractivity contribution in [3.63, 3.8) is 0 Å². The second-order valence-corrected chi connectivity index (χ2v) is 3.51. The molecule has 0 radical (unpaired) electrons. The highest BCUT2D eigenvalue weighted by Crippen LogP contribution is 2.31. The highest BCUT2D eigenvalue weighted by Gasteiger charge is 2.34. The summed E-state index contributed by atoms with van der Waals surface area (Å²) in [5.41, 5.74) is 0. The lowest BCUT2D eigenvalue weighted by molar-refractivity contribution is 0.0645. The molecule has 0 aromatic heterocycles. The predicted molar refractivity (Wildman–Crippen MR) is 39.8 cm³/mol. The molecule has 58 valence electrons. The fourth-order valence-electron chi connectivity index (χ4n) is 2.33. The standard InChI is InChI=1S/C8H15NO/c10-8-4-5-9-7-3-1-2-6(7)8/h6-10H,1-5H2/t6-,7+,8-/m0/s1. The van der Waals surface area contributed by atoms with Crippen molar-refractivity contribution < 1.29 is 5.11 Å². The molecule has 2 nitrogen and oxygen atoms in total.